The number of carbonyl (C=O) groups excluding carboxylic acids is 1. The molecule has 0 bridgehead atoms. The second-order valence-corrected chi connectivity index (χ2v) is 7.46. The summed E-state index contributed by atoms with van der Waals surface area (Å²) in [5.41, 5.74) is 5.89. The van der Waals surface area contributed by atoms with Crippen LogP contribution >= 0.6 is 0 Å². The summed E-state index contributed by atoms with van der Waals surface area (Å²) in [5.74, 6) is 0. The van der Waals surface area contributed by atoms with Gasteiger partial charge in [0.1, 0.15) is 5.60 Å². The normalized spacial score (nSPS) is 14.6. The Kier molecular flexibility index (Phi) is 4.09. The van der Waals surface area contributed by atoms with Crippen LogP contribution < -0.4 is 5.32 Å². The zero-order valence-corrected chi connectivity index (χ0v) is 14.5. The van der Waals surface area contributed by atoms with E-state index in [0.717, 1.165) is 17.7 Å². The predicted molar refractivity (Wildman–Crippen MR) is 92.8 cm³/mol. The minimum Gasteiger partial charge on any atom is -0.444 e. The Morgan fingerprint density at radius 1 is 1.22 bits per heavy atom. The molecule has 0 radical (unpaired) electrons. The van der Waals surface area contributed by atoms with E-state index in [1.807, 2.05) is 20.8 Å². The first-order chi connectivity index (χ1) is 10.8. The molecule has 0 fully saturated rings. The van der Waals surface area contributed by atoms with E-state index < -0.39 is 5.60 Å². The van der Waals surface area contributed by atoms with Crippen molar-refractivity contribution in [2.45, 2.75) is 65.5 Å². The van der Waals surface area contributed by atoms with Gasteiger partial charge < -0.3 is 15.0 Å². The van der Waals surface area contributed by atoms with E-state index >= 15 is 0 Å². The molecule has 1 amide bonds. The number of hydrogen-bond donors (Lipinski definition) is 2. The van der Waals surface area contributed by atoms with Crippen LogP contribution in [0.1, 0.15) is 56.0 Å². The van der Waals surface area contributed by atoms with E-state index in [-0.39, 0.29) is 6.09 Å². The Labute approximate surface area is 137 Å². The SMILES string of the molecule is Cc1[nH]c2cc3c(cc2c1CNC(=O)OC(C)(C)C)CCCC3. The van der Waals surface area contributed by atoms with Gasteiger partial charge in [0.05, 0.1) is 0 Å². The molecule has 0 spiro atoms. The van der Waals surface area contributed by atoms with Crippen LogP contribution in [0.3, 0.4) is 0 Å². The van der Waals surface area contributed by atoms with Gasteiger partial charge in [0.15, 0.2) is 0 Å². The number of aryl methyl sites for hydroxylation is 3. The van der Waals surface area contributed by atoms with Gasteiger partial charge in [0.25, 0.3) is 0 Å². The molecule has 1 heterocycles. The fraction of sp³-hybridized carbons (Fsp3) is 0.526. The van der Waals surface area contributed by atoms with Gasteiger partial charge in [-0.15, -0.1) is 0 Å². The Morgan fingerprint density at radius 2 is 1.87 bits per heavy atom. The fourth-order valence-electron chi connectivity index (χ4n) is 3.32. The number of benzene rings is 1. The molecule has 0 saturated heterocycles. The van der Waals surface area contributed by atoms with E-state index in [0.29, 0.717) is 6.54 Å². The molecule has 0 aliphatic heterocycles. The second kappa shape index (κ2) is 5.91. The molecular weight excluding hydrogens is 288 g/mol. The summed E-state index contributed by atoms with van der Waals surface area (Å²) in [5, 5.41) is 4.09. The molecule has 1 aromatic heterocycles. The fourth-order valence-corrected chi connectivity index (χ4v) is 3.32. The number of fused-ring (bicyclic) bond motifs is 2. The summed E-state index contributed by atoms with van der Waals surface area (Å²) in [6, 6.07) is 4.59. The van der Waals surface area contributed by atoms with Crippen molar-refractivity contribution in [3.63, 3.8) is 0 Å². The molecule has 2 aromatic rings. The minimum absolute atomic E-state index is 0.371. The van der Waals surface area contributed by atoms with Gasteiger partial charge in [0.2, 0.25) is 0 Å². The van der Waals surface area contributed by atoms with Gasteiger partial charge in [-0.3, -0.25) is 0 Å². The lowest BCUT2D eigenvalue weighted by atomic mass is 9.90. The summed E-state index contributed by atoms with van der Waals surface area (Å²) in [4.78, 5) is 15.3. The highest BCUT2D eigenvalue weighted by Gasteiger charge is 2.18. The topological polar surface area (TPSA) is 54.1 Å². The van der Waals surface area contributed by atoms with Crippen LogP contribution in [0.5, 0.6) is 0 Å². The smallest absolute Gasteiger partial charge is 0.407 e. The number of rotatable bonds is 2. The molecule has 0 saturated carbocycles. The van der Waals surface area contributed by atoms with Crippen molar-refractivity contribution in [1.82, 2.24) is 10.3 Å². The third-order valence-corrected chi connectivity index (χ3v) is 4.39. The molecule has 1 aliphatic rings. The summed E-state index contributed by atoms with van der Waals surface area (Å²) in [7, 11) is 0. The van der Waals surface area contributed by atoms with Gasteiger partial charge in [0, 0.05) is 23.1 Å². The number of ether oxygens (including phenoxy) is 1. The number of carbonyl (C=O) groups is 1. The van der Waals surface area contributed by atoms with Crippen molar-refractivity contribution in [1.29, 1.82) is 0 Å². The average Bonchev–Trinajstić information content (AvgIpc) is 2.75. The predicted octanol–water partition coefficient (Wildman–Crippen LogP) is 4.38. The molecule has 23 heavy (non-hydrogen) atoms. The number of aromatic amines is 1. The molecule has 2 N–H and O–H groups in total. The Hall–Kier alpha value is -1.97. The van der Waals surface area contributed by atoms with Crippen molar-refractivity contribution in [2.75, 3.05) is 0 Å². The summed E-state index contributed by atoms with van der Waals surface area (Å²) in [6.07, 6.45) is 4.52. The number of hydrogen-bond acceptors (Lipinski definition) is 2. The van der Waals surface area contributed by atoms with Crippen LogP contribution in [0.2, 0.25) is 0 Å². The molecule has 0 unspecified atom stereocenters. The Morgan fingerprint density at radius 3 is 2.52 bits per heavy atom. The lowest BCUT2D eigenvalue weighted by molar-refractivity contribution is 0.0524. The third kappa shape index (κ3) is 3.52. The van der Waals surface area contributed by atoms with Crippen molar-refractivity contribution >= 4 is 17.0 Å². The van der Waals surface area contributed by atoms with E-state index in [4.69, 9.17) is 4.74 Å². The molecule has 4 nitrogen and oxygen atoms in total. The van der Waals surface area contributed by atoms with Gasteiger partial charge in [-0.1, -0.05) is 0 Å². The van der Waals surface area contributed by atoms with Gasteiger partial charge in [-0.25, -0.2) is 4.79 Å². The molecule has 1 aromatic carbocycles. The van der Waals surface area contributed by atoms with Crippen LogP contribution in [-0.2, 0) is 24.1 Å². The van der Waals surface area contributed by atoms with Crippen LogP contribution in [0.4, 0.5) is 4.79 Å². The highest BCUT2D eigenvalue weighted by molar-refractivity contribution is 5.86. The van der Waals surface area contributed by atoms with Crippen molar-refractivity contribution < 1.29 is 9.53 Å². The second-order valence-electron chi connectivity index (χ2n) is 7.46. The lowest BCUT2D eigenvalue weighted by Crippen LogP contribution is -2.32. The number of alkyl carbamates (subject to hydrolysis) is 1. The number of amides is 1. The molecule has 124 valence electrons. The van der Waals surface area contributed by atoms with E-state index in [9.17, 15) is 4.79 Å². The first-order valence-electron chi connectivity index (χ1n) is 8.43. The van der Waals surface area contributed by atoms with E-state index in [2.05, 4.69) is 29.4 Å². The van der Waals surface area contributed by atoms with Crippen molar-refractivity contribution in [2.24, 2.45) is 0 Å². The van der Waals surface area contributed by atoms with Crippen LogP contribution in [0.25, 0.3) is 10.9 Å². The summed E-state index contributed by atoms with van der Waals surface area (Å²) < 4.78 is 5.32. The minimum atomic E-state index is -0.474. The Bertz CT molecular complexity index is 738. The van der Waals surface area contributed by atoms with Crippen molar-refractivity contribution in [3.8, 4) is 0 Å². The average molecular weight is 314 g/mol. The maximum Gasteiger partial charge on any atom is 0.407 e. The van der Waals surface area contributed by atoms with Crippen molar-refractivity contribution in [3.05, 3.63) is 34.5 Å². The zero-order chi connectivity index (χ0) is 16.6. The number of nitrogens with one attached hydrogen (secondary N) is 2. The summed E-state index contributed by atoms with van der Waals surface area (Å²) >= 11 is 0. The monoisotopic (exact) mass is 314 g/mol. The van der Waals surface area contributed by atoms with E-state index in [1.54, 1.807) is 0 Å². The van der Waals surface area contributed by atoms with Crippen LogP contribution in [-0.4, -0.2) is 16.7 Å². The molecule has 3 rings (SSSR count). The molecule has 1 aliphatic carbocycles. The molecular formula is C19H26N2O2. The maximum absolute atomic E-state index is 11.9. The summed E-state index contributed by atoms with van der Waals surface area (Å²) in [6.45, 7) is 8.16. The maximum atomic E-state index is 11.9. The zero-order valence-electron chi connectivity index (χ0n) is 14.5. The highest BCUT2D eigenvalue weighted by Crippen LogP contribution is 2.29. The first-order valence-corrected chi connectivity index (χ1v) is 8.43. The first kappa shape index (κ1) is 15.9. The largest absolute Gasteiger partial charge is 0.444 e. The van der Waals surface area contributed by atoms with Gasteiger partial charge >= 0.3 is 6.09 Å². The Balaban J connectivity index is 1.83. The van der Waals surface area contributed by atoms with Gasteiger partial charge in [-0.2, -0.15) is 0 Å². The lowest BCUT2D eigenvalue weighted by Gasteiger charge is -2.19. The molecule has 4 heteroatoms. The molecule has 0 atom stereocenters. The highest BCUT2D eigenvalue weighted by atomic mass is 16.6. The van der Waals surface area contributed by atoms with E-state index in [1.165, 1.54) is 41.3 Å². The standard InChI is InChI=1S/C19H26N2O2/c1-12-16(11-20-18(22)23-19(2,3)4)15-9-13-7-5-6-8-14(13)10-17(15)21-12/h9-10,21H,5-8,11H2,1-4H3,(H,20,22). The van der Waals surface area contributed by atoms with Crippen LogP contribution in [0.15, 0.2) is 12.1 Å². The third-order valence-electron chi connectivity index (χ3n) is 4.39. The van der Waals surface area contributed by atoms with Gasteiger partial charge in [-0.05, 0) is 82.2 Å². The number of H-pyrrole nitrogens is 1. The van der Waals surface area contributed by atoms with Crippen LogP contribution in [0, 0.1) is 6.92 Å². The number of aromatic nitrogens is 1. The quantitative estimate of drug-likeness (QED) is 0.864.